The molecule has 50 heavy (non-hydrogen) atoms. The van der Waals surface area contributed by atoms with E-state index < -0.39 is 6.29 Å². The van der Waals surface area contributed by atoms with Gasteiger partial charge < -0.3 is 42.6 Å². The number of nitrogens with zero attached hydrogens (tertiary/aromatic N) is 1. The predicted octanol–water partition coefficient (Wildman–Crippen LogP) is 6.12. The van der Waals surface area contributed by atoms with E-state index in [0.717, 1.165) is 70.0 Å². The van der Waals surface area contributed by atoms with Crippen LogP contribution < -0.4 is 0 Å². The van der Waals surface area contributed by atoms with Gasteiger partial charge in [-0.3, -0.25) is 9.69 Å². The standard InChI is InChI=1S/C9H8O3.C8H16O2.C7H15NO2.C7H10O3.C6H12O.CH4/c1-11-9-7-5-3-2-4-6(7)8(10)12-9;1-8(2)5-4-7(10-8)6-9-3;1-9-5-2-8-3-6-10-7-4-8;1-5-3-7(8)10-6(5)4-9-2;1-7-6-4-2-3-5-6;/h2-5,9H,1H3;7H,4-6H2,1-3H3;2-7H2,1H3;3-4H2,1-2H3;6H,2-5H2,1H3;1H4. The fourth-order valence-corrected chi connectivity index (χ4v) is 5.70. The molecule has 0 amide bonds. The van der Waals surface area contributed by atoms with Crippen molar-refractivity contribution in [1.29, 1.82) is 0 Å². The second-order valence-electron chi connectivity index (χ2n) is 12.9. The summed E-state index contributed by atoms with van der Waals surface area (Å²) in [6, 6.07) is 7.22. The van der Waals surface area contributed by atoms with Gasteiger partial charge in [-0.2, -0.15) is 0 Å². The molecule has 3 fully saturated rings. The van der Waals surface area contributed by atoms with Crippen LogP contribution in [0.25, 0.3) is 0 Å². The van der Waals surface area contributed by atoms with Crippen molar-refractivity contribution in [1.82, 2.24) is 4.90 Å². The van der Waals surface area contributed by atoms with Gasteiger partial charge in [0.05, 0.1) is 56.2 Å². The average Bonchev–Trinajstić information content (AvgIpc) is 3.89. The van der Waals surface area contributed by atoms with Crippen LogP contribution in [-0.2, 0) is 47.4 Å². The minimum Gasteiger partial charge on any atom is -0.428 e. The van der Waals surface area contributed by atoms with Gasteiger partial charge in [0.15, 0.2) is 0 Å². The van der Waals surface area contributed by atoms with Crippen molar-refractivity contribution in [3.8, 4) is 0 Å². The average molecular weight is 712 g/mol. The zero-order valence-electron chi connectivity index (χ0n) is 31.1. The van der Waals surface area contributed by atoms with Gasteiger partial charge in [-0.05, 0) is 58.1 Å². The Morgan fingerprint density at radius 2 is 1.58 bits per heavy atom. The highest BCUT2D eigenvalue weighted by Crippen LogP contribution is 2.30. The van der Waals surface area contributed by atoms with Gasteiger partial charge in [0.2, 0.25) is 6.29 Å². The molecule has 2 unspecified atom stereocenters. The Kier molecular flexibility index (Phi) is 23.3. The molecule has 4 heterocycles. The monoisotopic (exact) mass is 711 g/mol. The molecule has 12 heteroatoms. The molecule has 1 aliphatic carbocycles. The van der Waals surface area contributed by atoms with Crippen LogP contribution in [0, 0.1) is 0 Å². The van der Waals surface area contributed by atoms with Gasteiger partial charge >= 0.3 is 11.9 Å². The first-order valence-electron chi connectivity index (χ1n) is 17.3. The molecule has 0 N–H and O–H groups in total. The van der Waals surface area contributed by atoms with Crippen molar-refractivity contribution in [2.75, 3.05) is 88.2 Å². The fraction of sp³-hybridized carbons (Fsp3) is 0.737. The highest BCUT2D eigenvalue weighted by Gasteiger charge is 2.31. The Morgan fingerprint density at radius 1 is 0.900 bits per heavy atom. The lowest BCUT2D eigenvalue weighted by Gasteiger charge is -2.25. The maximum atomic E-state index is 11.1. The van der Waals surface area contributed by atoms with Crippen molar-refractivity contribution in [2.45, 2.75) is 97.2 Å². The summed E-state index contributed by atoms with van der Waals surface area (Å²) in [5.41, 5.74) is 2.48. The minimum absolute atomic E-state index is 0. The molecule has 2 atom stereocenters. The molecule has 0 bridgehead atoms. The van der Waals surface area contributed by atoms with E-state index in [0.29, 0.717) is 36.6 Å². The second-order valence-corrected chi connectivity index (χ2v) is 12.9. The van der Waals surface area contributed by atoms with Gasteiger partial charge in [-0.25, -0.2) is 4.79 Å². The van der Waals surface area contributed by atoms with Gasteiger partial charge in [0.25, 0.3) is 0 Å². The maximum absolute atomic E-state index is 11.1. The van der Waals surface area contributed by atoms with Crippen molar-refractivity contribution >= 4 is 11.9 Å². The number of benzene rings is 1. The lowest BCUT2D eigenvalue weighted by molar-refractivity contribution is -0.137. The highest BCUT2D eigenvalue weighted by atomic mass is 16.7. The third kappa shape index (κ3) is 17.2. The smallest absolute Gasteiger partial charge is 0.341 e. The van der Waals surface area contributed by atoms with Gasteiger partial charge in [-0.15, -0.1) is 0 Å². The normalized spacial score (nSPS) is 22.2. The first kappa shape index (κ1) is 45.6. The summed E-state index contributed by atoms with van der Waals surface area (Å²) in [5.74, 6) is 0.189. The van der Waals surface area contributed by atoms with E-state index in [-0.39, 0.29) is 25.0 Å². The molecule has 1 aromatic rings. The van der Waals surface area contributed by atoms with Crippen LogP contribution in [0.5, 0.6) is 0 Å². The van der Waals surface area contributed by atoms with Crippen molar-refractivity contribution in [3.63, 3.8) is 0 Å². The van der Waals surface area contributed by atoms with Crippen LogP contribution in [0.2, 0.25) is 0 Å². The number of rotatable bonds is 9. The van der Waals surface area contributed by atoms with Crippen LogP contribution in [0.3, 0.4) is 0 Å². The number of cyclic esters (lactones) is 2. The SMILES string of the molecule is C.COC1CCCC1.COC1OC(=O)c2ccccc21.COCC1=C(C)CC(=O)O1.COCC1CCC(C)(C)O1.COCCN1CCOCC1. The van der Waals surface area contributed by atoms with E-state index in [1.165, 1.54) is 32.8 Å². The molecular formula is C38H65NO11. The van der Waals surface area contributed by atoms with Crippen molar-refractivity contribution in [3.05, 3.63) is 46.7 Å². The summed E-state index contributed by atoms with van der Waals surface area (Å²) in [5, 5.41) is 0. The number of esters is 2. The molecule has 0 radical (unpaired) electrons. The number of carbonyl (C=O) groups is 2. The molecule has 12 nitrogen and oxygen atoms in total. The largest absolute Gasteiger partial charge is 0.428 e. The van der Waals surface area contributed by atoms with E-state index in [1.807, 2.05) is 19.1 Å². The molecule has 6 rings (SSSR count). The molecule has 288 valence electrons. The fourth-order valence-electron chi connectivity index (χ4n) is 5.70. The molecule has 0 spiro atoms. The summed E-state index contributed by atoms with van der Waals surface area (Å²) in [7, 11) is 8.34. The zero-order chi connectivity index (χ0) is 36.1. The minimum atomic E-state index is -0.520. The van der Waals surface area contributed by atoms with Crippen LogP contribution >= 0.6 is 0 Å². The Bertz CT molecular complexity index is 1110. The van der Waals surface area contributed by atoms with Crippen molar-refractivity contribution < 1.29 is 52.2 Å². The Balaban J connectivity index is 0.000000314. The maximum Gasteiger partial charge on any atom is 0.341 e. The first-order valence-corrected chi connectivity index (χ1v) is 17.3. The van der Waals surface area contributed by atoms with Crippen LogP contribution in [0.1, 0.15) is 95.4 Å². The summed E-state index contributed by atoms with van der Waals surface area (Å²) < 4.78 is 45.5. The number of carbonyl (C=O) groups excluding carboxylic acids is 2. The van der Waals surface area contributed by atoms with Gasteiger partial charge in [0.1, 0.15) is 12.4 Å². The number of ether oxygens (including phenoxy) is 9. The Hall–Kier alpha value is -2.42. The molecule has 1 aromatic carbocycles. The summed E-state index contributed by atoms with van der Waals surface area (Å²) >= 11 is 0. The summed E-state index contributed by atoms with van der Waals surface area (Å²) in [6.07, 6.45) is 8.44. The van der Waals surface area contributed by atoms with E-state index in [4.69, 9.17) is 42.6 Å². The summed E-state index contributed by atoms with van der Waals surface area (Å²) in [6.45, 7) is 13.0. The van der Waals surface area contributed by atoms with E-state index in [1.54, 1.807) is 40.6 Å². The molecule has 0 aromatic heterocycles. The molecule has 5 aliphatic rings. The third-order valence-electron chi connectivity index (χ3n) is 8.52. The number of hydrogen-bond donors (Lipinski definition) is 0. The Labute approximate surface area is 301 Å². The number of methoxy groups -OCH3 is 5. The van der Waals surface area contributed by atoms with E-state index in [9.17, 15) is 9.59 Å². The Morgan fingerprint density at radius 3 is 2.08 bits per heavy atom. The number of fused-ring (bicyclic) bond motifs is 1. The van der Waals surface area contributed by atoms with Crippen LogP contribution in [0.4, 0.5) is 0 Å². The van der Waals surface area contributed by atoms with E-state index in [2.05, 4.69) is 18.7 Å². The first-order chi connectivity index (χ1) is 23.6. The zero-order valence-corrected chi connectivity index (χ0v) is 31.1. The highest BCUT2D eigenvalue weighted by molar-refractivity contribution is 5.93. The number of hydrogen-bond acceptors (Lipinski definition) is 12. The van der Waals surface area contributed by atoms with Gasteiger partial charge in [-0.1, -0.05) is 38.5 Å². The lowest BCUT2D eigenvalue weighted by atomic mass is 10.1. The van der Waals surface area contributed by atoms with E-state index >= 15 is 0 Å². The second kappa shape index (κ2) is 25.5. The predicted molar refractivity (Wildman–Crippen MR) is 192 cm³/mol. The third-order valence-corrected chi connectivity index (χ3v) is 8.52. The lowest BCUT2D eigenvalue weighted by Crippen LogP contribution is -2.38. The van der Waals surface area contributed by atoms with Crippen LogP contribution in [-0.4, -0.2) is 123 Å². The molecular weight excluding hydrogens is 646 g/mol. The topological polar surface area (TPSA) is 120 Å². The number of morpholine rings is 1. The van der Waals surface area contributed by atoms with Crippen molar-refractivity contribution in [2.24, 2.45) is 0 Å². The molecule has 1 saturated carbocycles. The molecule has 2 saturated heterocycles. The van der Waals surface area contributed by atoms with Gasteiger partial charge in [0, 0.05) is 60.7 Å². The van der Waals surface area contributed by atoms with Crippen LogP contribution in [0.15, 0.2) is 35.6 Å². The summed E-state index contributed by atoms with van der Waals surface area (Å²) in [4.78, 5) is 24.1. The molecule has 4 aliphatic heterocycles. The quantitative estimate of drug-likeness (QED) is 0.275.